The first kappa shape index (κ1) is 7.17. The Bertz CT molecular complexity index is 66.0. The summed E-state index contributed by atoms with van der Waals surface area (Å²) in [5.74, 6) is 0. The molecule has 0 aliphatic heterocycles. The fourth-order valence-corrected chi connectivity index (χ4v) is 0.471. The van der Waals surface area contributed by atoms with Crippen molar-refractivity contribution in [3.05, 3.63) is 0 Å². The lowest BCUT2D eigenvalue weighted by atomic mass is 10.8. The molecule has 4 heteroatoms. The van der Waals surface area contributed by atoms with Gasteiger partial charge in [-0.25, -0.2) is 0 Å². The number of halogens is 1. The van der Waals surface area contributed by atoms with Crippen molar-refractivity contribution in [1.82, 2.24) is 5.32 Å². The summed E-state index contributed by atoms with van der Waals surface area (Å²) in [6, 6.07) is 0. The van der Waals surface area contributed by atoms with Crippen LogP contribution in [0.1, 0.15) is 0 Å². The number of alkyl halides is 1. The largest absolute Gasteiger partial charge is 0.376 e. The maximum absolute atomic E-state index is 5.08. The predicted molar refractivity (Wildman–Crippen MR) is 38.6 cm³/mol. The maximum atomic E-state index is 5.08. The summed E-state index contributed by atoms with van der Waals surface area (Å²) in [7, 11) is 0. The summed E-state index contributed by atoms with van der Waals surface area (Å²) in [5, 5.41) is 4.00. The standard InChI is InChI=1S/C3H7BrN2S/c4-1-2-6-3(5)7/h1-2H2,(H3,5,6,7). The SMILES string of the molecule is NC(=S)NCCBr. The van der Waals surface area contributed by atoms with E-state index >= 15 is 0 Å². The first-order chi connectivity index (χ1) is 3.27. The molecule has 0 bridgehead atoms. The monoisotopic (exact) mass is 182 g/mol. The van der Waals surface area contributed by atoms with Crippen LogP contribution in [0.25, 0.3) is 0 Å². The molecule has 0 aromatic rings. The highest BCUT2D eigenvalue weighted by atomic mass is 79.9. The van der Waals surface area contributed by atoms with Crippen LogP contribution in [0.4, 0.5) is 0 Å². The number of hydrogen-bond acceptors (Lipinski definition) is 1. The van der Waals surface area contributed by atoms with Gasteiger partial charge in [-0.2, -0.15) is 0 Å². The minimum absolute atomic E-state index is 0.361. The second-order valence-electron chi connectivity index (χ2n) is 0.980. The number of hydrogen-bond donors (Lipinski definition) is 2. The zero-order valence-corrected chi connectivity index (χ0v) is 6.18. The van der Waals surface area contributed by atoms with Crippen LogP contribution in [0.2, 0.25) is 0 Å². The number of nitrogens with one attached hydrogen (secondary N) is 1. The second kappa shape index (κ2) is 4.33. The third-order valence-electron chi connectivity index (χ3n) is 0.394. The molecule has 0 unspecified atom stereocenters. The molecule has 0 aromatic heterocycles. The van der Waals surface area contributed by atoms with E-state index in [2.05, 4.69) is 33.5 Å². The van der Waals surface area contributed by atoms with E-state index < -0.39 is 0 Å². The molecule has 0 aromatic carbocycles. The molecule has 0 amide bonds. The van der Waals surface area contributed by atoms with E-state index in [1.165, 1.54) is 0 Å². The molecule has 0 aliphatic carbocycles. The fourth-order valence-electron chi connectivity index (χ4n) is 0.170. The van der Waals surface area contributed by atoms with E-state index in [0.717, 1.165) is 11.9 Å². The third kappa shape index (κ3) is 6.17. The van der Waals surface area contributed by atoms with Crippen molar-refractivity contribution >= 4 is 33.3 Å². The van der Waals surface area contributed by atoms with Crippen LogP contribution in [0, 0.1) is 0 Å². The first-order valence-corrected chi connectivity index (χ1v) is 3.39. The fraction of sp³-hybridized carbons (Fsp3) is 0.667. The van der Waals surface area contributed by atoms with Gasteiger partial charge in [0.05, 0.1) is 0 Å². The van der Waals surface area contributed by atoms with Gasteiger partial charge in [0.25, 0.3) is 0 Å². The van der Waals surface area contributed by atoms with Gasteiger partial charge in [0, 0.05) is 11.9 Å². The molecule has 3 N–H and O–H groups in total. The lowest BCUT2D eigenvalue weighted by Crippen LogP contribution is -2.30. The van der Waals surface area contributed by atoms with Crippen molar-refractivity contribution in [2.45, 2.75) is 0 Å². The van der Waals surface area contributed by atoms with Gasteiger partial charge in [0.1, 0.15) is 0 Å². The average Bonchev–Trinajstić information content (AvgIpc) is 1.61. The molecule has 0 heterocycles. The maximum Gasteiger partial charge on any atom is 0.163 e. The molecular weight excluding hydrogens is 176 g/mol. The van der Waals surface area contributed by atoms with Gasteiger partial charge in [-0.3, -0.25) is 0 Å². The lowest BCUT2D eigenvalue weighted by Gasteiger charge is -1.95. The Morgan fingerprint density at radius 1 is 1.86 bits per heavy atom. The van der Waals surface area contributed by atoms with Crippen molar-refractivity contribution in [1.29, 1.82) is 0 Å². The highest BCUT2D eigenvalue weighted by molar-refractivity contribution is 9.09. The summed E-state index contributed by atoms with van der Waals surface area (Å²) in [6.45, 7) is 0.801. The minimum atomic E-state index is 0.361. The van der Waals surface area contributed by atoms with Gasteiger partial charge in [0.2, 0.25) is 0 Å². The predicted octanol–water partition coefficient (Wildman–Crippen LogP) is 0.215. The summed E-state index contributed by atoms with van der Waals surface area (Å²) in [6.07, 6.45) is 0. The van der Waals surface area contributed by atoms with Crippen LogP contribution in [0.3, 0.4) is 0 Å². The Morgan fingerprint density at radius 2 is 2.43 bits per heavy atom. The smallest absolute Gasteiger partial charge is 0.163 e. The van der Waals surface area contributed by atoms with Crippen molar-refractivity contribution in [2.24, 2.45) is 5.73 Å². The molecule has 0 saturated heterocycles. The molecule has 42 valence electrons. The Balaban J connectivity index is 2.82. The molecule has 0 saturated carbocycles. The van der Waals surface area contributed by atoms with E-state index in [1.54, 1.807) is 0 Å². The van der Waals surface area contributed by atoms with E-state index in [4.69, 9.17) is 5.73 Å². The molecule has 0 rings (SSSR count). The topological polar surface area (TPSA) is 38.0 Å². The van der Waals surface area contributed by atoms with Gasteiger partial charge in [-0.15, -0.1) is 0 Å². The van der Waals surface area contributed by atoms with Gasteiger partial charge in [0.15, 0.2) is 5.11 Å². The van der Waals surface area contributed by atoms with Crippen LogP contribution in [0.15, 0.2) is 0 Å². The third-order valence-corrected chi connectivity index (χ3v) is 0.935. The van der Waals surface area contributed by atoms with Crippen LogP contribution in [0.5, 0.6) is 0 Å². The van der Waals surface area contributed by atoms with Crippen LogP contribution in [-0.2, 0) is 0 Å². The number of nitrogens with two attached hydrogens (primary N) is 1. The first-order valence-electron chi connectivity index (χ1n) is 1.86. The zero-order valence-electron chi connectivity index (χ0n) is 3.78. The summed E-state index contributed by atoms with van der Waals surface area (Å²) in [5.41, 5.74) is 5.08. The Kier molecular flexibility index (Phi) is 4.44. The number of rotatable bonds is 2. The van der Waals surface area contributed by atoms with E-state index in [1.807, 2.05) is 0 Å². The molecule has 0 spiro atoms. The van der Waals surface area contributed by atoms with Crippen molar-refractivity contribution < 1.29 is 0 Å². The zero-order chi connectivity index (χ0) is 5.70. The van der Waals surface area contributed by atoms with Crippen molar-refractivity contribution in [3.63, 3.8) is 0 Å². The molecule has 0 atom stereocenters. The summed E-state index contributed by atoms with van der Waals surface area (Å²) < 4.78 is 0. The van der Waals surface area contributed by atoms with Gasteiger partial charge >= 0.3 is 0 Å². The average molecular weight is 183 g/mol. The Labute approximate surface area is 56.6 Å². The van der Waals surface area contributed by atoms with Crippen molar-refractivity contribution in [2.75, 3.05) is 11.9 Å². The van der Waals surface area contributed by atoms with E-state index in [9.17, 15) is 0 Å². The summed E-state index contributed by atoms with van der Waals surface area (Å²) in [4.78, 5) is 0. The van der Waals surface area contributed by atoms with E-state index in [-0.39, 0.29) is 0 Å². The molecule has 0 fully saturated rings. The Hall–Kier alpha value is 0.170. The molecule has 2 nitrogen and oxygen atoms in total. The highest BCUT2D eigenvalue weighted by Crippen LogP contribution is 1.72. The molecule has 0 aliphatic rings. The van der Waals surface area contributed by atoms with Crippen LogP contribution < -0.4 is 11.1 Å². The normalized spacial score (nSPS) is 8.14. The molecule has 7 heavy (non-hydrogen) atoms. The van der Waals surface area contributed by atoms with Crippen LogP contribution >= 0.6 is 28.1 Å². The van der Waals surface area contributed by atoms with Gasteiger partial charge < -0.3 is 11.1 Å². The Morgan fingerprint density at radius 3 is 2.57 bits per heavy atom. The summed E-state index contributed by atoms with van der Waals surface area (Å²) >= 11 is 7.71. The molecule has 0 radical (unpaired) electrons. The molecular formula is C3H7BrN2S. The minimum Gasteiger partial charge on any atom is -0.376 e. The van der Waals surface area contributed by atoms with Crippen LogP contribution in [-0.4, -0.2) is 17.0 Å². The highest BCUT2D eigenvalue weighted by Gasteiger charge is 1.80. The lowest BCUT2D eigenvalue weighted by molar-refractivity contribution is 0.990. The van der Waals surface area contributed by atoms with Crippen molar-refractivity contribution in [3.8, 4) is 0 Å². The van der Waals surface area contributed by atoms with Gasteiger partial charge in [-0.05, 0) is 12.2 Å². The second-order valence-corrected chi connectivity index (χ2v) is 2.21. The van der Waals surface area contributed by atoms with Gasteiger partial charge in [-0.1, -0.05) is 15.9 Å². The quantitative estimate of drug-likeness (QED) is 0.475. The number of thiocarbonyl (C=S) groups is 1. The van der Waals surface area contributed by atoms with E-state index in [0.29, 0.717) is 5.11 Å².